The first kappa shape index (κ1) is 21.2. The van der Waals surface area contributed by atoms with Crippen molar-refractivity contribution in [1.82, 2.24) is 30.4 Å². The van der Waals surface area contributed by atoms with Gasteiger partial charge in [-0.15, -0.1) is 0 Å². The summed E-state index contributed by atoms with van der Waals surface area (Å²) in [7, 11) is 0. The molecule has 9 nitrogen and oxygen atoms in total. The molecule has 11 heteroatoms. The number of rotatable bonds is 7. The molecule has 0 aliphatic heterocycles. The lowest BCUT2D eigenvalue weighted by molar-refractivity contribution is -0.115. The van der Waals surface area contributed by atoms with E-state index in [2.05, 4.69) is 31.1 Å². The van der Waals surface area contributed by atoms with Crippen LogP contribution < -0.4 is 16.0 Å². The van der Waals surface area contributed by atoms with Gasteiger partial charge in [0.05, 0.1) is 17.1 Å². The average Bonchev–Trinajstić information content (AvgIpc) is 3.41. The quantitative estimate of drug-likeness (QED) is 0.406. The van der Waals surface area contributed by atoms with Crippen LogP contribution >= 0.6 is 23.6 Å². The Morgan fingerprint density at radius 1 is 1.23 bits per heavy atom. The van der Waals surface area contributed by atoms with Crippen LogP contribution in [0.2, 0.25) is 0 Å². The van der Waals surface area contributed by atoms with Gasteiger partial charge in [-0.3, -0.25) is 14.5 Å². The minimum Gasteiger partial charge on any atom is -0.334 e. The van der Waals surface area contributed by atoms with Crippen molar-refractivity contribution in [1.29, 1.82) is 0 Å². The highest BCUT2D eigenvalue weighted by atomic mass is 32.1. The molecule has 1 aliphatic rings. The summed E-state index contributed by atoms with van der Waals surface area (Å²) in [4.78, 5) is 29.5. The largest absolute Gasteiger partial charge is 0.334 e. The molecule has 3 aromatic rings. The molecule has 4 N–H and O–H groups in total. The van der Waals surface area contributed by atoms with Gasteiger partial charge in [0.25, 0.3) is 0 Å². The highest BCUT2D eigenvalue weighted by Crippen LogP contribution is 2.40. The van der Waals surface area contributed by atoms with E-state index in [0.717, 1.165) is 40.4 Å². The second kappa shape index (κ2) is 8.98. The summed E-state index contributed by atoms with van der Waals surface area (Å²) in [6.07, 6.45) is 2.17. The van der Waals surface area contributed by atoms with E-state index in [4.69, 9.17) is 12.2 Å². The minimum absolute atomic E-state index is 0.158. The number of hydrogen-bond donors (Lipinski definition) is 4. The molecule has 1 saturated carbocycles. The van der Waals surface area contributed by atoms with Gasteiger partial charge in [-0.05, 0) is 44.5 Å². The number of benzene rings is 1. The fourth-order valence-electron chi connectivity index (χ4n) is 3.07. The van der Waals surface area contributed by atoms with Gasteiger partial charge in [0.15, 0.2) is 15.7 Å². The number of hydrogen-bond acceptors (Lipinski definition) is 6. The Hall–Kier alpha value is -3.05. The lowest BCUT2D eigenvalue weighted by Gasteiger charge is -2.07. The summed E-state index contributed by atoms with van der Waals surface area (Å²) >= 11 is 6.67. The van der Waals surface area contributed by atoms with Crippen LogP contribution in [-0.4, -0.2) is 38.2 Å². The molecule has 1 fully saturated rings. The van der Waals surface area contributed by atoms with Crippen LogP contribution in [0.3, 0.4) is 0 Å². The number of nitrogens with zero attached hydrogens (tertiary/aromatic N) is 3. The Bertz CT molecular complexity index is 1160. The van der Waals surface area contributed by atoms with Crippen molar-refractivity contribution in [3.8, 4) is 10.7 Å². The minimum atomic E-state index is -0.410. The van der Waals surface area contributed by atoms with Crippen molar-refractivity contribution in [2.45, 2.75) is 39.3 Å². The molecule has 0 spiro atoms. The summed E-state index contributed by atoms with van der Waals surface area (Å²) in [5, 5.41) is 15.7. The van der Waals surface area contributed by atoms with Crippen molar-refractivity contribution >= 4 is 40.6 Å². The molecule has 0 radical (unpaired) electrons. The second-order valence-electron chi connectivity index (χ2n) is 7.46. The average molecular weight is 458 g/mol. The van der Waals surface area contributed by atoms with Crippen LogP contribution in [0.25, 0.3) is 10.7 Å². The normalized spacial score (nSPS) is 13.1. The number of H-pyrrole nitrogens is 1. The van der Waals surface area contributed by atoms with Gasteiger partial charge in [0.2, 0.25) is 5.91 Å². The van der Waals surface area contributed by atoms with Crippen LogP contribution in [0.5, 0.6) is 0 Å². The van der Waals surface area contributed by atoms with Crippen molar-refractivity contribution in [2.24, 2.45) is 0 Å². The van der Waals surface area contributed by atoms with E-state index >= 15 is 0 Å². The maximum atomic E-state index is 12.2. The molecular weight excluding hydrogens is 434 g/mol. The zero-order valence-electron chi connectivity index (χ0n) is 17.2. The predicted octanol–water partition coefficient (Wildman–Crippen LogP) is 3.45. The van der Waals surface area contributed by atoms with Crippen LogP contribution in [0, 0.1) is 18.6 Å². The number of nitrogens with one attached hydrogen (secondary N) is 4. The maximum absolute atomic E-state index is 12.2. The number of anilines is 1. The Labute approximate surface area is 188 Å². The van der Waals surface area contributed by atoms with Gasteiger partial charge >= 0.3 is 6.03 Å². The molecular formula is C20H23N7O2S2. The van der Waals surface area contributed by atoms with Crippen LogP contribution in [0.15, 0.2) is 24.3 Å². The van der Waals surface area contributed by atoms with E-state index in [-0.39, 0.29) is 12.5 Å². The number of carbonyl (C=O) groups is 2. The summed E-state index contributed by atoms with van der Waals surface area (Å²) in [5.74, 6) is 0.392. The van der Waals surface area contributed by atoms with Crippen molar-refractivity contribution < 1.29 is 9.59 Å². The highest BCUT2D eigenvalue weighted by molar-refractivity contribution is 7.71. The lowest BCUT2D eigenvalue weighted by atomic mass is 10.1. The Balaban J connectivity index is 1.30. The Morgan fingerprint density at radius 3 is 2.68 bits per heavy atom. The number of amides is 3. The number of aromatic amines is 1. The number of urea groups is 1. The van der Waals surface area contributed by atoms with Gasteiger partial charge in [0.1, 0.15) is 0 Å². The molecule has 162 valence electrons. The third-order valence-electron chi connectivity index (χ3n) is 4.85. The third-order valence-corrected chi connectivity index (χ3v) is 6.20. The molecule has 2 heterocycles. The molecule has 0 atom stereocenters. The first-order chi connectivity index (χ1) is 14.9. The zero-order chi connectivity index (χ0) is 22.0. The topological polar surface area (TPSA) is 117 Å². The molecule has 0 saturated heterocycles. The summed E-state index contributed by atoms with van der Waals surface area (Å²) < 4.78 is 2.61. The number of thiazole rings is 1. The Kier molecular flexibility index (Phi) is 6.14. The van der Waals surface area contributed by atoms with E-state index < -0.39 is 6.03 Å². The smallest absolute Gasteiger partial charge is 0.315 e. The monoisotopic (exact) mass is 457 g/mol. The summed E-state index contributed by atoms with van der Waals surface area (Å²) in [6.45, 7) is 4.10. The van der Waals surface area contributed by atoms with Crippen molar-refractivity contribution in [3.05, 3.63) is 45.9 Å². The number of carbonyl (C=O) groups excluding carboxylic acids is 2. The van der Waals surface area contributed by atoms with Crippen molar-refractivity contribution in [2.75, 3.05) is 11.9 Å². The van der Waals surface area contributed by atoms with E-state index in [1.54, 1.807) is 0 Å². The van der Waals surface area contributed by atoms with Crippen LogP contribution in [-0.2, 0) is 11.3 Å². The van der Waals surface area contributed by atoms with Crippen LogP contribution in [0.1, 0.15) is 35.7 Å². The predicted molar refractivity (Wildman–Crippen MR) is 122 cm³/mol. The standard InChI is InChI=1S/C20H23N7O2S2/c1-11-3-5-13(6-4-11)9-21-18(29)22-10-15(28)24-19-23-12(2)16(31-19)17-25-26-20(30)27(17)14-7-8-14/h3-6,14H,7-10H2,1-2H3,(H,26,30)(H2,21,22,29)(H,23,24,28). The third kappa shape index (κ3) is 5.17. The Morgan fingerprint density at radius 2 is 1.97 bits per heavy atom. The molecule has 2 aromatic heterocycles. The van der Waals surface area contributed by atoms with E-state index in [9.17, 15) is 9.59 Å². The van der Waals surface area contributed by atoms with E-state index in [0.29, 0.717) is 22.5 Å². The van der Waals surface area contributed by atoms with E-state index in [1.807, 2.05) is 42.7 Å². The first-order valence-corrected chi connectivity index (χ1v) is 11.1. The molecule has 4 rings (SSSR count). The fraction of sp³-hybridized carbons (Fsp3) is 0.350. The molecule has 31 heavy (non-hydrogen) atoms. The zero-order valence-corrected chi connectivity index (χ0v) is 18.8. The SMILES string of the molecule is Cc1ccc(CNC(=O)NCC(=O)Nc2nc(C)c(-c3n[nH]c(=S)n3C3CC3)s2)cc1. The summed E-state index contributed by atoms with van der Waals surface area (Å²) in [6, 6.07) is 7.84. The first-order valence-electron chi connectivity index (χ1n) is 9.92. The van der Waals surface area contributed by atoms with E-state index in [1.165, 1.54) is 11.3 Å². The van der Waals surface area contributed by atoms with Crippen LogP contribution in [0.4, 0.5) is 9.93 Å². The van der Waals surface area contributed by atoms with Gasteiger partial charge in [-0.1, -0.05) is 41.2 Å². The fourth-order valence-corrected chi connectivity index (χ4v) is 4.32. The molecule has 0 unspecified atom stereocenters. The molecule has 1 aliphatic carbocycles. The highest BCUT2D eigenvalue weighted by Gasteiger charge is 2.29. The van der Waals surface area contributed by atoms with Gasteiger partial charge in [-0.25, -0.2) is 9.78 Å². The van der Waals surface area contributed by atoms with Crippen molar-refractivity contribution in [3.63, 3.8) is 0 Å². The second-order valence-corrected chi connectivity index (χ2v) is 8.84. The van der Waals surface area contributed by atoms with Gasteiger partial charge in [0, 0.05) is 12.6 Å². The summed E-state index contributed by atoms with van der Waals surface area (Å²) in [5.41, 5.74) is 2.91. The number of aryl methyl sites for hydroxylation is 2. The number of aromatic nitrogens is 4. The lowest BCUT2D eigenvalue weighted by Crippen LogP contribution is -2.39. The van der Waals surface area contributed by atoms with Gasteiger partial charge < -0.3 is 16.0 Å². The molecule has 3 amide bonds. The van der Waals surface area contributed by atoms with Gasteiger partial charge in [-0.2, -0.15) is 5.10 Å². The molecule has 0 bridgehead atoms. The maximum Gasteiger partial charge on any atom is 0.315 e. The molecule has 1 aromatic carbocycles.